The summed E-state index contributed by atoms with van der Waals surface area (Å²) in [5.74, 6) is 0.910. The third-order valence-corrected chi connectivity index (χ3v) is 4.04. The first-order valence-electron chi connectivity index (χ1n) is 6.41. The van der Waals surface area contributed by atoms with Gasteiger partial charge in [-0.2, -0.15) is 11.3 Å². The van der Waals surface area contributed by atoms with Gasteiger partial charge in [-0.1, -0.05) is 0 Å². The SMILES string of the molecule is COCC(C)n1cc(C)nc1NCc1cscc1C. The Kier molecular flexibility index (Phi) is 4.61. The van der Waals surface area contributed by atoms with Crippen LogP contribution in [-0.2, 0) is 11.3 Å². The Labute approximate surface area is 118 Å². The standard InChI is InChI=1S/C14H21N3OS/c1-10-8-19-9-13(10)5-15-14-16-11(2)6-17(14)12(3)7-18-4/h6,8-9,12H,5,7H2,1-4H3,(H,15,16). The molecule has 0 saturated heterocycles. The predicted molar refractivity (Wildman–Crippen MR) is 79.9 cm³/mol. The second-order valence-electron chi connectivity index (χ2n) is 4.85. The molecule has 1 atom stereocenters. The van der Waals surface area contributed by atoms with Crippen molar-refractivity contribution in [2.75, 3.05) is 19.0 Å². The summed E-state index contributed by atoms with van der Waals surface area (Å²) in [5.41, 5.74) is 3.68. The molecular weight excluding hydrogens is 258 g/mol. The number of methoxy groups -OCH3 is 1. The third kappa shape index (κ3) is 3.36. The first kappa shape index (κ1) is 14.1. The second kappa shape index (κ2) is 6.21. The fourth-order valence-corrected chi connectivity index (χ4v) is 2.90. The van der Waals surface area contributed by atoms with Crippen LogP contribution < -0.4 is 5.32 Å². The number of nitrogens with zero attached hydrogens (tertiary/aromatic N) is 2. The maximum atomic E-state index is 5.22. The van der Waals surface area contributed by atoms with Gasteiger partial charge in [0, 0.05) is 19.9 Å². The van der Waals surface area contributed by atoms with Crippen molar-refractivity contribution < 1.29 is 4.74 Å². The van der Waals surface area contributed by atoms with Crippen molar-refractivity contribution >= 4 is 17.3 Å². The van der Waals surface area contributed by atoms with E-state index in [0.717, 1.165) is 18.2 Å². The van der Waals surface area contributed by atoms with Crippen LogP contribution in [0.25, 0.3) is 0 Å². The molecular formula is C14H21N3OS. The summed E-state index contributed by atoms with van der Waals surface area (Å²) in [6.45, 7) is 7.77. The maximum absolute atomic E-state index is 5.22. The van der Waals surface area contributed by atoms with Gasteiger partial charge in [0.2, 0.25) is 5.95 Å². The number of thiophene rings is 1. The van der Waals surface area contributed by atoms with E-state index in [-0.39, 0.29) is 6.04 Å². The summed E-state index contributed by atoms with van der Waals surface area (Å²) in [7, 11) is 1.72. The van der Waals surface area contributed by atoms with Crippen LogP contribution in [0, 0.1) is 13.8 Å². The Morgan fingerprint density at radius 1 is 1.42 bits per heavy atom. The lowest BCUT2D eigenvalue weighted by atomic mass is 10.2. The molecule has 0 fully saturated rings. The molecule has 2 aromatic rings. The van der Waals surface area contributed by atoms with Crippen LogP contribution in [0.5, 0.6) is 0 Å². The van der Waals surface area contributed by atoms with E-state index in [4.69, 9.17) is 4.74 Å². The average Bonchev–Trinajstić information content (AvgIpc) is 2.93. The van der Waals surface area contributed by atoms with Gasteiger partial charge in [-0.05, 0) is 42.7 Å². The van der Waals surface area contributed by atoms with Crippen molar-refractivity contribution in [3.05, 3.63) is 33.8 Å². The summed E-state index contributed by atoms with van der Waals surface area (Å²) in [5, 5.41) is 7.77. The Hall–Kier alpha value is -1.33. The molecule has 1 N–H and O–H groups in total. The lowest BCUT2D eigenvalue weighted by Gasteiger charge is -2.16. The minimum atomic E-state index is 0.275. The van der Waals surface area contributed by atoms with Crippen molar-refractivity contribution in [1.82, 2.24) is 9.55 Å². The molecule has 0 aliphatic rings. The molecule has 0 bridgehead atoms. The number of anilines is 1. The normalized spacial score (nSPS) is 12.6. The first-order valence-corrected chi connectivity index (χ1v) is 7.36. The number of hydrogen-bond acceptors (Lipinski definition) is 4. The summed E-state index contributed by atoms with van der Waals surface area (Å²) < 4.78 is 7.36. The molecule has 19 heavy (non-hydrogen) atoms. The molecule has 0 amide bonds. The summed E-state index contributed by atoms with van der Waals surface area (Å²) in [6.07, 6.45) is 2.06. The van der Waals surface area contributed by atoms with Crippen molar-refractivity contribution in [2.24, 2.45) is 0 Å². The van der Waals surface area contributed by atoms with Crippen molar-refractivity contribution in [3.63, 3.8) is 0 Å². The summed E-state index contributed by atoms with van der Waals surface area (Å²) in [6, 6.07) is 0.275. The van der Waals surface area contributed by atoms with Crippen LogP contribution in [-0.4, -0.2) is 23.3 Å². The van der Waals surface area contributed by atoms with E-state index in [9.17, 15) is 0 Å². The Balaban J connectivity index is 2.09. The molecule has 0 radical (unpaired) electrons. The van der Waals surface area contributed by atoms with Crippen molar-refractivity contribution in [2.45, 2.75) is 33.4 Å². The lowest BCUT2D eigenvalue weighted by molar-refractivity contribution is 0.163. The zero-order valence-electron chi connectivity index (χ0n) is 11.9. The molecule has 4 nitrogen and oxygen atoms in total. The average molecular weight is 279 g/mol. The van der Waals surface area contributed by atoms with E-state index in [1.54, 1.807) is 18.4 Å². The molecule has 0 aromatic carbocycles. The number of ether oxygens (including phenoxy) is 1. The largest absolute Gasteiger partial charge is 0.383 e. The van der Waals surface area contributed by atoms with Crippen LogP contribution in [0.1, 0.15) is 29.8 Å². The first-order chi connectivity index (χ1) is 9.11. The monoisotopic (exact) mass is 279 g/mol. The second-order valence-corrected chi connectivity index (χ2v) is 5.59. The number of aryl methyl sites for hydroxylation is 2. The highest BCUT2D eigenvalue weighted by Crippen LogP contribution is 2.19. The quantitative estimate of drug-likeness (QED) is 0.881. The number of rotatable bonds is 6. The predicted octanol–water partition coefficient (Wildman–Crippen LogP) is 3.38. The van der Waals surface area contributed by atoms with E-state index in [0.29, 0.717) is 6.61 Å². The summed E-state index contributed by atoms with van der Waals surface area (Å²) in [4.78, 5) is 4.54. The van der Waals surface area contributed by atoms with Gasteiger partial charge in [0.25, 0.3) is 0 Å². The van der Waals surface area contributed by atoms with Crippen LogP contribution in [0.4, 0.5) is 5.95 Å². The smallest absolute Gasteiger partial charge is 0.203 e. The van der Waals surface area contributed by atoms with Gasteiger partial charge in [-0.3, -0.25) is 0 Å². The van der Waals surface area contributed by atoms with Crippen LogP contribution in [0.2, 0.25) is 0 Å². The molecule has 2 aromatic heterocycles. The van der Waals surface area contributed by atoms with Gasteiger partial charge < -0.3 is 14.6 Å². The van der Waals surface area contributed by atoms with Crippen LogP contribution in [0.15, 0.2) is 17.0 Å². The number of hydrogen-bond donors (Lipinski definition) is 1. The molecule has 0 spiro atoms. The van der Waals surface area contributed by atoms with E-state index < -0.39 is 0 Å². The highest BCUT2D eigenvalue weighted by Gasteiger charge is 2.12. The van der Waals surface area contributed by atoms with Crippen LogP contribution in [0.3, 0.4) is 0 Å². The number of nitrogens with one attached hydrogen (secondary N) is 1. The van der Waals surface area contributed by atoms with Gasteiger partial charge in [0.1, 0.15) is 0 Å². The minimum absolute atomic E-state index is 0.275. The van der Waals surface area contributed by atoms with Crippen LogP contribution >= 0.6 is 11.3 Å². The molecule has 0 aliphatic heterocycles. The van der Waals surface area contributed by atoms with E-state index in [1.165, 1.54) is 11.1 Å². The van der Waals surface area contributed by atoms with Gasteiger partial charge in [0.05, 0.1) is 18.3 Å². The molecule has 0 saturated carbocycles. The topological polar surface area (TPSA) is 39.1 Å². The minimum Gasteiger partial charge on any atom is -0.383 e. The Morgan fingerprint density at radius 2 is 2.21 bits per heavy atom. The van der Waals surface area contributed by atoms with E-state index >= 15 is 0 Å². The highest BCUT2D eigenvalue weighted by atomic mass is 32.1. The fraction of sp³-hybridized carbons (Fsp3) is 0.500. The van der Waals surface area contributed by atoms with Gasteiger partial charge in [0.15, 0.2) is 0 Å². The molecule has 2 rings (SSSR count). The van der Waals surface area contributed by atoms with Crippen molar-refractivity contribution in [1.29, 1.82) is 0 Å². The zero-order valence-corrected chi connectivity index (χ0v) is 12.8. The number of aromatic nitrogens is 2. The highest BCUT2D eigenvalue weighted by molar-refractivity contribution is 7.08. The number of imidazole rings is 1. The zero-order chi connectivity index (χ0) is 13.8. The molecule has 5 heteroatoms. The van der Waals surface area contributed by atoms with Gasteiger partial charge in [-0.15, -0.1) is 0 Å². The van der Waals surface area contributed by atoms with Crippen molar-refractivity contribution in [3.8, 4) is 0 Å². The fourth-order valence-electron chi connectivity index (χ4n) is 2.05. The Morgan fingerprint density at radius 3 is 2.84 bits per heavy atom. The van der Waals surface area contributed by atoms with Gasteiger partial charge in [-0.25, -0.2) is 4.98 Å². The molecule has 2 heterocycles. The molecule has 104 valence electrons. The molecule has 1 unspecified atom stereocenters. The Bertz CT molecular complexity index is 533. The third-order valence-electron chi connectivity index (χ3n) is 3.13. The lowest BCUT2D eigenvalue weighted by Crippen LogP contribution is -2.14. The summed E-state index contributed by atoms with van der Waals surface area (Å²) >= 11 is 1.74. The molecule has 0 aliphatic carbocycles. The van der Waals surface area contributed by atoms with E-state index in [1.807, 2.05) is 6.92 Å². The van der Waals surface area contributed by atoms with Gasteiger partial charge >= 0.3 is 0 Å². The van der Waals surface area contributed by atoms with E-state index in [2.05, 4.69) is 45.7 Å². The maximum Gasteiger partial charge on any atom is 0.203 e.